The molecule has 2 heterocycles. The van der Waals surface area contributed by atoms with E-state index in [1.807, 2.05) is 38.4 Å². The summed E-state index contributed by atoms with van der Waals surface area (Å²) in [4.78, 5) is 39.5. The monoisotopic (exact) mass is 624 g/mol. The van der Waals surface area contributed by atoms with E-state index in [9.17, 15) is 19.8 Å². The molecule has 2 aliphatic rings. The summed E-state index contributed by atoms with van der Waals surface area (Å²) >= 11 is 0. The van der Waals surface area contributed by atoms with Crippen molar-refractivity contribution in [2.45, 2.75) is 25.7 Å². The zero-order chi connectivity index (χ0) is 32.5. The molecule has 46 heavy (non-hydrogen) atoms. The molecule has 0 radical (unpaired) electrons. The summed E-state index contributed by atoms with van der Waals surface area (Å²) in [7, 11) is 4.08. The van der Waals surface area contributed by atoms with E-state index in [4.69, 9.17) is 9.98 Å². The molecule has 2 amide bonds. The fourth-order valence-electron chi connectivity index (χ4n) is 5.92. The van der Waals surface area contributed by atoms with Gasteiger partial charge in [0.15, 0.2) is 0 Å². The predicted octanol–water partition coefficient (Wildman–Crippen LogP) is 3.24. The van der Waals surface area contributed by atoms with Gasteiger partial charge in [-0.3, -0.25) is 19.6 Å². The van der Waals surface area contributed by atoms with Crippen LogP contribution in [0.25, 0.3) is 21.5 Å². The molecule has 0 fully saturated rings. The number of nitrogens with one attached hydrogen (secondary N) is 2. The molecule has 10 nitrogen and oxygen atoms in total. The molecule has 6 rings (SSSR count). The number of hydrogen-bond donors (Lipinski definition) is 4. The number of rotatable bonds is 0. The number of carbonyl (C=O) groups is 2. The number of hydrogen-bond acceptors (Lipinski definition) is 8. The third-order valence-corrected chi connectivity index (χ3v) is 8.42. The summed E-state index contributed by atoms with van der Waals surface area (Å²) in [5, 5.41) is 32.2. The number of benzene rings is 4. The Kier molecular flexibility index (Phi) is 11.2. The Balaban J connectivity index is 1.37. The zero-order valence-corrected chi connectivity index (χ0v) is 26.8. The quantitative estimate of drug-likeness (QED) is 0.176. The van der Waals surface area contributed by atoms with E-state index in [0.29, 0.717) is 69.6 Å². The van der Waals surface area contributed by atoms with Gasteiger partial charge in [-0.15, -0.1) is 0 Å². The van der Waals surface area contributed by atoms with Gasteiger partial charge >= 0.3 is 0 Å². The Morgan fingerprint density at radius 2 is 1.02 bits per heavy atom. The first-order chi connectivity index (χ1) is 22.3. The molecule has 0 unspecified atom stereocenters. The molecule has 8 bridgehead atoms. The normalized spacial score (nSPS) is 17.5. The van der Waals surface area contributed by atoms with Gasteiger partial charge in [0.25, 0.3) is 11.8 Å². The van der Waals surface area contributed by atoms with Crippen molar-refractivity contribution in [2.75, 3.05) is 66.5 Å². The molecule has 0 spiro atoms. The predicted molar refractivity (Wildman–Crippen MR) is 181 cm³/mol. The molecule has 2 aliphatic heterocycles. The molecule has 0 saturated heterocycles. The lowest BCUT2D eigenvalue weighted by Gasteiger charge is -2.16. The van der Waals surface area contributed by atoms with Crippen molar-refractivity contribution < 1.29 is 19.8 Å². The third-order valence-electron chi connectivity index (χ3n) is 8.42. The van der Waals surface area contributed by atoms with Gasteiger partial charge in [-0.1, -0.05) is 30.3 Å². The number of phenols is 2. The van der Waals surface area contributed by atoms with E-state index < -0.39 is 0 Å². The number of fused-ring (bicyclic) bond motifs is 18. The summed E-state index contributed by atoms with van der Waals surface area (Å²) in [5.74, 6) is -0.190. The van der Waals surface area contributed by atoms with Gasteiger partial charge < -0.3 is 30.6 Å². The number of nitrogens with zero attached hydrogens (tertiary/aromatic N) is 4. The number of aromatic hydroxyl groups is 2. The van der Waals surface area contributed by atoms with Crippen LogP contribution in [0.1, 0.15) is 46.4 Å². The highest BCUT2D eigenvalue weighted by atomic mass is 16.3. The minimum absolute atomic E-state index is 0.0978. The molecule has 4 N–H and O–H groups in total. The van der Waals surface area contributed by atoms with Crippen LogP contribution in [0.4, 0.5) is 0 Å². The van der Waals surface area contributed by atoms with Gasteiger partial charge in [0.05, 0.1) is 21.5 Å². The molecule has 0 saturated carbocycles. The highest BCUT2D eigenvalue weighted by Crippen LogP contribution is 2.38. The lowest BCUT2D eigenvalue weighted by atomic mass is 9.99. The van der Waals surface area contributed by atoms with E-state index in [2.05, 4.69) is 20.4 Å². The fourth-order valence-corrected chi connectivity index (χ4v) is 5.92. The second kappa shape index (κ2) is 15.6. The standard InChI is InChI=1S/C36H44N6O4/c1-41-20-6-16-37-29-14-4-12-27-31(29)33(43)28-13-5-15-30(32(28)34(27)44)38-17-7-21-42(2)23-9-19-40-36(46)26-11-3-10-25(24-26)35(45)39-18-8-22-41/h3-5,10-15,24,43-44H,6-9,16-23H2,1-2H3,(H,39,45)(H,40,46). The molecule has 0 atom stereocenters. The average molecular weight is 625 g/mol. The third kappa shape index (κ3) is 7.99. The highest BCUT2D eigenvalue weighted by Gasteiger charge is 2.16. The lowest BCUT2D eigenvalue weighted by molar-refractivity contribution is 0.0951. The van der Waals surface area contributed by atoms with Crippen molar-refractivity contribution in [3.05, 3.63) is 82.5 Å². The van der Waals surface area contributed by atoms with Crippen LogP contribution in [0.3, 0.4) is 0 Å². The number of carbonyl (C=O) groups excluding carboxylic acids is 2. The SMILES string of the molecule is CN1CCCN=c2cccc3c(O)c4c(cccc4c(O)c23)=NCCCN(C)CCCNC(=O)c2cccc(c2)C(=O)NCCC1. The lowest BCUT2D eigenvalue weighted by Crippen LogP contribution is -2.30. The second-order valence-electron chi connectivity index (χ2n) is 12.0. The molecule has 0 aliphatic carbocycles. The van der Waals surface area contributed by atoms with Gasteiger partial charge in [-0.05, 0) is 96.3 Å². The van der Waals surface area contributed by atoms with Crippen LogP contribution < -0.4 is 21.3 Å². The highest BCUT2D eigenvalue weighted by molar-refractivity contribution is 6.10. The zero-order valence-electron chi connectivity index (χ0n) is 26.8. The van der Waals surface area contributed by atoms with Crippen molar-refractivity contribution in [2.24, 2.45) is 9.98 Å². The Morgan fingerprint density at radius 1 is 0.609 bits per heavy atom. The molecule has 10 heteroatoms. The fraction of sp³-hybridized carbons (Fsp3) is 0.389. The van der Waals surface area contributed by atoms with Crippen LogP contribution in [0.15, 0.2) is 70.6 Å². The summed E-state index contributed by atoms with van der Waals surface area (Å²) in [5.41, 5.74) is 0.939. The number of amides is 2. The van der Waals surface area contributed by atoms with E-state index in [0.717, 1.165) is 51.9 Å². The molecular formula is C36H44N6O4. The Labute approximate surface area is 269 Å². The Hall–Kier alpha value is -4.54. The van der Waals surface area contributed by atoms with Crippen molar-refractivity contribution in [1.29, 1.82) is 0 Å². The van der Waals surface area contributed by atoms with Crippen LogP contribution >= 0.6 is 0 Å². The average Bonchev–Trinajstić information content (AvgIpc) is 3.07. The smallest absolute Gasteiger partial charge is 0.251 e. The van der Waals surface area contributed by atoms with Gasteiger partial charge in [0.2, 0.25) is 0 Å². The first kappa shape index (κ1) is 32.8. The minimum Gasteiger partial charge on any atom is -0.507 e. The summed E-state index contributed by atoms with van der Waals surface area (Å²) < 4.78 is 0. The van der Waals surface area contributed by atoms with Crippen molar-refractivity contribution >= 4 is 33.4 Å². The maximum Gasteiger partial charge on any atom is 0.251 e. The largest absolute Gasteiger partial charge is 0.507 e. The van der Waals surface area contributed by atoms with Crippen LogP contribution in [0.2, 0.25) is 0 Å². The van der Waals surface area contributed by atoms with Gasteiger partial charge in [-0.2, -0.15) is 0 Å². The molecular weight excluding hydrogens is 580 g/mol. The summed E-state index contributed by atoms with van der Waals surface area (Å²) in [6.07, 6.45) is 3.19. The Bertz CT molecular complexity index is 1700. The van der Waals surface area contributed by atoms with Crippen LogP contribution in [-0.2, 0) is 0 Å². The van der Waals surface area contributed by atoms with E-state index in [1.54, 1.807) is 36.4 Å². The van der Waals surface area contributed by atoms with Crippen LogP contribution in [-0.4, -0.2) is 98.3 Å². The van der Waals surface area contributed by atoms with Crippen molar-refractivity contribution in [3.63, 3.8) is 0 Å². The van der Waals surface area contributed by atoms with Crippen molar-refractivity contribution in [3.8, 4) is 11.5 Å². The topological polar surface area (TPSA) is 130 Å². The van der Waals surface area contributed by atoms with Crippen LogP contribution in [0.5, 0.6) is 11.5 Å². The molecule has 4 aromatic rings. The first-order valence-corrected chi connectivity index (χ1v) is 16.1. The van der Waals surface area contributed by atoms with Gasteiger partial charge in [-0.25, -0.2) is 0 Å². The molecule has 0 aromatic heterocycles. The summed E-state index contributed by atoms with van der Waals surface area (Å²) in [6.45, 7) is 5.43. The van der Waals surface area contributed by atoms with Crippen molar-refractivity contribution in [1.82, 2.24) is 20.4 Å². The maximum atomic E-state index is 12.7. The van der Waals surface area contributed by atoms with Gasteiger partial charge in [0.1, 0.15) is 11.5 Å². The first-order valence-electron chi connectivity index (χ1n) is 16.1. The van der Waals surface area contributed by atoms with E-state index in [1.165, 1.54) is 0 Å². The summed E-state index contributed by atoms with van der Waals surface area (Å²) in [6, 6.07) is 17.9. The second-order valence-corrected chi connectivity index (χ2v) is 12.0. The maximum absolute atomic E-state index is 12.7. The van der Waals surface area contributed by atoms with Gasteiger partial charge in [0, 0.05) is 48.1 Å². The molecule has 4 aromatic carbocycles. The number of phenolic OH excluding ortho intramolecular Hbond substituents is 2. The van der Waals surface area contributed by atoms with E-state index >= 15 is 0 Å². The minimum atomic E-state index is -0.193. The Morgan fingerprint density at radius 3 is 1.48 bits per heavy atom. The van der Waals surface area contributed by atoms with Crippen LogP contribution in [0, 0.1) is 0 Å². The van der Waals surface area contributed by atoms with E-state index in [-0.39, 0.29) is 23.3 Å². The molecule has 242 valence electrons.